The molecule has 0 spiro atoms. The van der Waals surface area contributed by atoms with Crippen LogP contribution in [-0.4, -0.2) is 21.4 Å². The van der Waals surface area contributed by atoms with Gasteiger partial charge in [0.2, 0.25) is 0 Å². The van der Waals surface area contributed by atoms with E-state index < -0.39 is 0 Å². The van der Waals surface area contributed by atoms with Gasteiger partial charge in [0.25, 0.3) is 5.56 Å². The van der Waals surface area contributed by atoms with Gasteiger partial charge in [-0.15, -0.1) is 23.1 Å². The van der Waals surface area contributed by atoms with Crippen LogP contribution in [0.1, 0.15) is 30.7 Å². The predicted molar refractivity (Wildman–Crippen MR) is 142 cm³/mol. The minimum atomic E-state index is -0.274. The van der Waals surface area contributed by atoms with Crippen LogP contribution in [0.15, 0.2) is 62.1 Å². The maximum atomic E-state index is 13.3. The smallest absolute Gasteiger partial charge is 0.284 e. The standard InChI is InChI=1S/C25H27N5O2S2/c1-16(2)15-30-24-21(23(31)29(3)25(30)32)22(33-13-7-12-27-28-26)20(34-24)14-18-10-6-9-17-8-4-5-11-19(17)18/h4-6,8-11,16H,7,12-15H2,1-3H3. The Hall–Kier alpha value is -3.00. The molecule has 0 aliphatic rings. The van der Waals surface area contributed by atoms with Crippen LogP contribution in [0.3, 0.4) is 0 Å². The number of hydrogen-bond acceptors (Lipinski definition) is 5. The molecule has 34 heavy (non-hydrogen) atoms. The molecule has 0 fully saturated rings. The van der Waals surface area contributed by atoms with E-state index in [2.05, 4.69) is 54.2 Å². The molecule has 7 nitrogen and oxygen atoms in total. The molecule has 0 N–H and O–H groups in total. The monoisotopic (exact) mass is 493 g/mol. The highest BCUT2D eigenvalue weighted by Crippen LogP contribution is 2.38. The van der Waals surface area contributed by atoms with Gasteiger partial charge < -0.3 is 0 Å². The summed E-state index contributed by atoms with van der Waals surface area (Å²) < 4.78 is 2.98. The van der Waals surface area contributed by atoms with Gasteiger partial charge in [0.1, 0.15) is 4.83 Å². The summed E-state index contributed by atoms with van der Waals surface area (Å²) in [6.45, 7) is 5.11. The zero-order valence-corrected chi connectivity index (χ0v) is 21.2. The molecule has 176 valence electrons. The maximum Gasteiger partial charge on any atom is 0.331 e. The van der Waals surface area contributed by atoms with Gasteiger partial charge in [-0.1, -0.05) is 61.4 Å². The molecule has 0 aliphatic carbocycles. The van der Waals surface area contributed by atoms with Crippen LogP contribution in [0, 0.1) is 5.92 Å². The van der Waals surface area contributed by atoms with E-state index in [-0.39, 0.29) is 17.2 Å². The predicted octanol–water partition coefficient (Wildman–Crippen LogP) is 5.95. The molecule has 0 atom stereocenters. The van der Waals surface area contributed by atoms with Gasteiger partial charge in [-0.25, -0.2) is 4.79 Å². The average Bonchev–Trinajstić information content (AvgIpc) is 3.18. The minimum absolute atomic E-state index is 0.252. The third-order valence-electron chi connectivity index (χ3n) is 5.69. The van der Waals surface area contributed by atoms with E-state index in [1.807, 2.05) is 12.1 Å². The first-order valence-electron chi connectivity index (χ1n) is 11.3. The fourth-order valence-electron chi connectivity index (χ4n) is 4.12. The van der Waals surface area contributed by atoms with E-state index >= 15 is 0 Å². The van der Waals surface area contributed by atoms with Crippen LogP contribution >= 0.6 is 23.1 Å². The van der Waals surface area contributed by atoms with E-state index in [1.54, 1.807) is 34.7 Å². The fraction of sp³-hybridized carbons (Fsp3) is 0.360. The van der Waals surface area contributed by atoms with Gasteiger partial charge in [-0.3, -0.25) is 13.9 Å². The molecule has 4 aromatic rings. The molecule has 0 unspecified atom stereocenters. The molecule has 9 heteroatoms. The first-order valence-corrected chi connectivity index (χ1v) is 13.1. The molecule has 0 aliphatic heterocycles. The van der Waals surface area contributed by atoms with E-state index in [0.717, 1.165) is 20.4 Å². The minimum Gasteiger partial charge on any atom is -0.284 e. The number of fused-ring (bicyclic) bond motifs is 2. The first kappa shape index (κ1) is 24.1. The Morgan fingerprint density at radius 1 is 1.15 bits per heavy atom. The second-order valence-electron chi connectivity index (χ2n) is 8.66. The van der Waals surface area contributed by atoms with Crippen molar-refractivity contribution in [3.63, 3.8) is 0 Å². The van der Waals surface area contributed by atoms with Crippen molar-refractivity contribution >= 4 is 44.1 Å². The van der Waals surface area contributed by atoms with Crippen molar-refractivity contribution in [2.75, 3.05) is 12.3 Å². The number of thiophene rings is 1. The van der Waals surface area contributed by atoms with Crippen molar-refractivity contribution < 1.29 is 0 Å². The maximum absolute atomic E-state index is 13.3. The Bertz CT molecular complexity index is 1500. The number of azide groups is 1. The number of aromatic nitrogens is 2. The van der Waals surface area contributed by atoms with Crippen LogP contribution < -0.4 is 11.2 Å². The molecule has 0 amide bonds. The van der Waals surface area contributed by atoms with Gasteiger partial charge in [0.15, 0.2) is 0 Å². The molecule has 0 saturated carbocycles. The Kier molecular flexibility index (Phi) is 7.46. The van der Waals surface area contributed by atoms with Gasteiger partial charge in [0, 0.05) is 41.2 Å². The number of nitrogens with zero attached hydrogens (tertiary/aromatic N) is 5. The van der Waals surface area contributed by atoms with Crippen LogP contribution in [0.4, 0.5) is 0 Å². The molecule has 2 aromatic heterocycles. The zero-order valence-electron chi connectivity index (χ0n) is 19.5. The molecular weight excluding hydrogens is 466 g/mol. The van der Waals surface area contributed by atoms with E-state index in [1.165, 1.54) is 20.9 Å². The second kappa shape index (κ2) is 10.5. The van der Waals surface area contributed by atoms with Crippen molar-refractivity contribution in [1.29, 1.82) is 0 Å². The Morgan fingerprint density at radius 3 is 2.68 bits per heavy atom. The highest BCUT2D eigenvalue weighted by molar-refractivity contribution is 7.99. The van der Waals surface area contributed by atoms with Gasteiger partial charge >= 0.3 is 5.69 Å². The molecule has 0 bridgehead atoms. The summed E-state index contributed by atoms with van der Waals surface area (Å²) in [7, 11) is 1.55. The number of rotatable bonds is 9. The van der Waals surface area contributed by atoms with Gasteiger partial charge in [-0.05, 0) is 40.0 Å². The molecule has 2 aromatic carbocycles. The van der Waals surface area contributed by atoms with Gasteiger partial charge in [0.05, 0.1) is 5.39 Å². The second-order valence-corrected chi connectivity index (χ2v) is 10.8. The highest BCUT2D eigenvalue weighted by Gasteiger charge is 2.22. The van der Waals surface area contributed by atoms with E-state index in [4.69, 9.17) is 5.53 Å². The van der Waals surface area contributed by atoms with Crippen molar-refractivity contribution in [3.8, 4) is 0 Å². The van der Waals surface area contributed by atoms with Crippen molar-refractivity contribution in [2.24, 2.45) is 18.1 Å². The quantitative estimate of drug-likeness (QED) is 0.0947. The highest BCUT2D eigenvalue weighted by atomic mass is 32.2. The fourth-order valence-corrected chi connectivity index (χ4v) is 6.74. The molecule has 0 radical (unpaired) electrons. The lowest BCUT2D eigenvalue weighted by molar-refractivity contribution is 0.504. The zero-order chi connectivity index (χ0) is 24.2. The van der Waals surface area contributed by atoms with Crippen LogP contribution in [0.25, 0.3) is 31.4 Å². The largest absolute Gasteiger partial charge is 0.331 e. The van der Waals surface area contributed by atoms with Crippen molar-refractivity contribution in [1.82, 2.24) is 9.13 Å². The van der Waals surface area contributed by atoms with Crippen molar-refractivity contribution in [3.05, 3.63) is 84.2 Å². The first-order chi connectivity index (χ1) is 16.4. The summed E-state index contributed by atoms with van der Waals surface area (Å²) in [5, 5.41) is 6.62. The molecule has 2 heterocycles. The third-order valence-corrected chi connectivity index (χ3v) is 8.26. The topological polar surface area (TPSA) is 92.8 Å². The van der Waals surface area contributed by atoms with Crippen molar-refractivity contribution in [2.45, 2.75) is 38.1 Å². The van der Waals surface area contributed by atoms with Gasteiger partial charge in [-0.2, -0.15) is 0 Å². The lowest BCUT2D eigenvalue weighted by Gasteiger charge is -2.11. The normalized spacial score (nSPS) is 11.4. The third kappa shape index (κ3) is 4.78. The summed E-state index contributed by atoms with van der Waals surface area (Å²) in [5.74, 6) is 0.988. The Labute approximate surface area is 205 Å². The summed E-state index contributed by atoms with van der Waals surface area (Å²) in [4.78, 5) is 31.9. The SMILES string of the molecule is CC(C)Cn1c(=O)n(C)c(=O)c2c(SCCCN=[N+]=[N-])c(Cc3cccc4ccccc34)sc21. The van der Waals surface area contributed by atoms with E-state index in [9.17, 15) is 9.59 Å². The number of benzene rings is 2. The lowest BCUT2D eigenvalue weighted by Crippen LogP contribution is -2.38. The Balaban J connectivity index is 1.89. The molecule has 4 rings (SSSR count). The summed E-state index contributed by atoms with van der Waals surface area (Å²) in [5.41, 5.74) is 9.22. The van der Waals surface area contributed by atoms with Crippen LogP contribution in [0.2, 0.25) is 0 Å². The van der Waals surface area contributed by atoms with Crippen LogP contribution in [0.5, 0.6) is 0 Å². The van der Waals surface area contributed by atoms with Crippen LogP contribution in [-0.2, 0) is 20.0 Å². The lowest BCUT2D eigenvalue weighted by atomic mass is 10.0. The Morgan fingerprint density at radius 2 is 1.91 bits per heavy atom. The summed E-state index contributed by atoms with van der Waals surface area (Å²) in [6.07, 6.45) is 1.39. The average molecular weight is 494 g/mol. The molecular formula is C25H27N5O2S2. The van der Waals surface area contributed by atoms with E-state index in [0.29, 0.717) is 31.3 Å². The number of hydrogen-bond donors (Lipinski definition) is 0. The summed E-state index contributed by atoms with van der Waals surface area (Å²) in [6, 6.07) is 14.6. The molecule has 0 saturated heterocycles. The summed E-state index contributed by atoms with van der Waals surface area (Å²) >= 11 is 3.16. The number of thioether (sulfide) groups is 1.